The third-order valence-electron chi connectivity index (χ3n) is 6.99. The van der Waals surface area contributed by atoms with E-state index >= 15 is 0 Å². The summed E-state index contributed by atoms with van der Waals surface area (Å²) in [6, 6.07) is 7.89. The molecule has 4 aliphatic rings. The highest BCUT2D eigenvalue weighted by Gasteiger charge is 2.50. The van der Waals surface area contributed by atoms with Crippen LogP contribution in [0.1, 0.15) is 56.1 Å². The maximum Gasteiger partial charge on any atom is 0.285 e. The van der Waals surface area contributed by atoms with Gasteiger partial charge in [-0.3, -0.25) is 9.59 Å². The molecule has 4 aliphatic carbocycles. The van der Waals surface area contributed by atoms with Crippen LogP contribution in [0.4, 0.5) is 0 Å². The number of amides is 1. The van der Waals surface area contributed by atoms with Gasteiger partial charge in [-0.2, -0.15) is 0 Å². The fourth-order valence-corrected chi connectivity index (χ4v) is 6.23. The van der Waals surface area contributed by atoms with Crippen LogP contribution in [0.5, 0.6) is 0 Å². The van der Waals surface area contributed by atoms with Crippen molar-refractivity contribution in [3.8, 4) is 0 Å². The van der Waals surface area contributed by atoms with Crippen LogP contribution < -0.4 is 11.1 Å². The number of benzene rings is 1. The maximum absolute atomic E-state index is 11.4. The summed E-state index contributed by atoms with van der Waals surface area (Å²) in [5.41, 5.74) is 7.70. The van der Waals surface area contributed by atoms with Gasteiger partial charge in [-0.1, -0.05) is 24.3 Å². The number of carbonyl (C=O) groups is 2. The molecule has 0 spiro atoms. The summed E-state index contributed by atoms with van der Waals surface area (Å²) in [7, 11) is 0. The van der Waals surface area contributed by atoms with Gasteiger partial charge in [-0.25, -0.2) is 0 Å². The Morgan fingerprint density at radius 2 is 1.50 bits per heavy atom. The minimum atomic E-state index is -0.861. The largest absolute Gasteiger partial charge is 0.363 e. The number of ketones is 1. The number of carbonyl (C=O) groups excluding carboxylic acids is 2. The van der Waals surface area contributed by atoms with Gasteiger partial charge < -0.3 is 11.1 Å². The summed E-state index contributed by atoms with van der Waals surface area (Å²) in [6.45, 7) is 1.95. The Morgan fingerprint density at radius 1 is 0.962 bits per heavy atom. The highest BCUT2D eigenvalue weighted by Crippen LogP contribution is 2.61. The molecule has 1 aromatic carbocycles. The van der Waals surface area contributed by atoms with E-state index in [0.29, 0.717) is 5.41 Å². The van der Waals surface area contributed by atoms with E-state index in [9.17, 15) is 9.59 Å². The Morgan fingerprint density at radius 3 is 2.04 bits per heavy atom. The maximum atomic E-state index is 11.4. The van der Waals surface area contributed by atoms with E-state index in [-0.39, 0.29) is 6.42 Å². The van der Waals surface area contributed by atoms with Crippen LogP contribution in [0, 0.1) is 23.2 Å². The van der Waals surface area contributed by atoms with Gasteiger partial charge in [0.1, 0.15) is 0 Å². The van der Waals surface area contributed by atoms with Gasteiger partial charge in [-0.05, 0) is 85.8 Å². The highest BCUT2D eigenvalue weighted by atomic mass is 16.2. The number of rotatable bonds is 8. The normalized spacial score (nSPS) is 31.9. The van der Waals surface area contributed by atoms with E-state index in [2.05, 4.69) is 5.32 Å². The molecule has 0 heterocycles. The van der Waals surface area contributed by atoms with Crippen molar-refractivity contribution in [2.24, 2.45) is 28.9 Å². The lowest BCUT2D eigenvalue weighted by Crippen LogP contribution is -2.47. The summed E-state index contributed by atoms with van der Waals surface area (Å²) >= 11 is 0. The summed E-state index contributed by atoms with van der Waals surface area (Å²) in [5, 5.41) is 3.61. The molecule has 0 saturated heterocycles. The number of nitrogens with one attached hydrogen (secondary N) is 1. The monoisotopic (exact) mass is 354 g/mol. The highest BCUT2D eigenvalue weighted by molar-refractivity contribution is 6.35. The molecule has 4 heteroatoms. The number of nitrogens with two attached hydrogens (primary N) is 1. The molecule has 0 aromatic heterocycles. The SMILES string of the molecule is NC(=O)C(=O)Cc1ccc(CNCCC23CC4CC(CC(C4)C2)C3)cc1. The van der Waals surface area contributed by atoms with Gasteiger partial charge in [0.15, 0.2) is 0 Å². The van der Waals surface area contributed by atoms with Crippen LogP contribution in [0.15, 0.2) is 24.3 Å². The standard InChI is InChI=1S/C22H30N2O2/c23-21(26)20(25)10-15-1-3-16(4-2-15)14-24-6-5-22-11-17-7-18(12-22)9-19(8-17)13-22/h1-4,17-19,24H,5-14H2,(H2,23,26). The first kappa shape index (κ1) is 17.7. The van der Waals surface area contributed by atoms with E-state index in [1.165, 1.54) is 50.5 Å². The summed E-state index contributed by atoms with van der Waals surface area (Å²) in [6.07, 6.45) is 10.4. The van der Waals surface area contributed by atoms with Gasteiger partial charge in [0.25, 0.3) is 5.91 Å². The molecule has 26 heavy (non-hydrogen) atoms. The first-order chi connectivity index (χ1) is 12.5. The van der Waals surface area contributed by atoms with Crippen LogP contribution in [-0.2, 0) is 22.6 Å². The average Bonchev–Trinajstić information content (AvgIpc) is 2.59. The molecule has 0 radical (unpaired) electrons. The van der Waals surface area contributed by atoms with Crippen LogP contribution in [0.3, 0.4) is 0 Å². The third-order valence-corrected chi connectivity index (χ3v) is 6.99. The van der Waals surface area contributed by atoms with Crippen LogP contribution in [-0.4, -0.2) is 18.2 Å². The molecule has 0 aliphatic heterocycles. The van der Waals surface area contributed by atoms with Crippen molar-refractivity contribution in [2.45, 2.75) is 57.9 Å². The van der Waals surface area contributed by atoms with Crippen molar-refractivity contribution < 1.29 is 9.59 Å². The van der Waals surface area contributed by atoms with Crippen LogP contribution in [0.2, 0.25) is 0 Å². The second-order valence-corrected chi connectivity index (χ2v) is 9.13. The van der Waals surface area contributed by atoms with Crippen molar-refractivity contribution in [2.75, 3.05) is 6.54 Å². The second kappa shape index (κ2) is 7.15. The van der Waals surface area contributed by atoms with Crippen LogP contribution in [0.25, 0.3) is 0 Å². The van der Waals surface area contributed by atoms with Gasteiger partial charge in [0, 0.05) is 13.0 Å². The topological polar surface area (TPSA) is 72.2 Å². The molecule has 3 N–H and O–H groups in total. The molecular weight excluding hydrogens is 324 g/mol. The van der Waals surface area contributed by atoms with Crippen molar-refractivity contribution >= 4 is 11.7 Å². The van der Waals surface area contributed by atoms with Gasteiger partial charge >= 0.3 is 0 Å². The Hall–Kier alpha value is -1.68. The Kier molecular flexibility index (Phi) is 4.87. The van der Waals surface area contributed by atoms with E-state index in [4.69, 9.17) is 5.73 Å². The molecule has 5 rings (SSSR count). The van der Waals surface area contributed by atoms with Crippen molar-refractivity contribution in [1.29, 1.82) is 0 Å². The fourth-order valence-electron chi connectivity index (χ4n) is 6.23. The number of Topliss-reactive ketones (excluding diaryl/α,β-unsaturated/α-hetero) is 1. The lowest BCUT2D eigenvalue weighted by molar-refractivity contribution is -0.135. The molecule has 1 amide bonds. The lowest BCUT2D eigenvalue weighted by atomic mass is 9.49. The Bertz CT molecular complexity index is 645. The quantitative estimate of drug-likeness (QED) is 0.557. The molecule has 4 saturated carbocycles. The molecule has 4 bridgehead atoms. The molecular formula is C22H30N2O2. The molecule has 1 aromatic rings. The lowest BCUT2D eigenvalue weighted by Gasteiger charge is -2.57. The first-order valence-electron chi connectivity index (χ1n) is 10.1. The smallest absolute Gasteiger partial charge is 0.285 e. The van der Waals surface area contributed by atoms with Gasteiger partial charge in [-0.15, -0.1) is 0 Å². The minimum Gasteiger partial charge on any atom is -0.363 e. The zero-order valence-corrected chi connectivity index (χ0v) is 15.5. The molecule has 140 valence electrons. The van der Waals surface area contributed by atoms with Crippen LogP contribution >= 0.6 is 0 Å². The molecule has 4 nitrogen and oxygen atoms in total. The summed E-state index contributed by atoms with van der Waals surface area (Å²) < 4.78 is 0. The van der Waals surface area contributed by atoms with Crippen molar-refractivity contribution in [1.82, 2.24) is 5.32 Å². The van der Waals surface area contributed by atoms with Gasteiger partial charge in [0.2, 0.25) is 5.78 Å². The summed E-state index contributed by atoms with van der Waals surface area (Å²) in [5.74, 6) is 1.68. The van der Waals surface area contributed by atoms with E-state index in [1.54, 1.807) is 0 Å². The Balaban J connectivity index is 1.23. The fraction of sp³-hybridized carbons (Fsp3) is 0.636. The average molecular weight is 354 g/mol. The number of primary amides is 1. The molecule has 0 unspecified atom stereocenters. The number of hydrogen-bond donors (Lipinski definition) is 2. The second-order valence-electron chi connectivity index (χ2n) is 9.13. The molecule has 4 fully saturated rings. The third kappa shape index (κ3) is 3.85. The van der Waals surface area contributed by atoms with E-state index < -0.39 is 11.7 Å². The van der Waals surface area contributed by atoms with Crippen molar-refractivity contribution in [3.63, 3.8) is 0 Å². The van der Waals surface area contributed by atoms with E-state index in [0.717, 1.165) is 36.4 Å². The zero-order chi connectivity index (χ0) is 18.1. The zero-order valence-electron chi connectivity index (χ0n) is 15.5. The first-order valence-corrected chi connectivity index (χ1v) is 10.1. The van der Waals surface area contributed by atoms with Gasteiger partial charge in [0.05, 0.1) is 0 Å². The predicted octanol–water partition coefficient (Wildman–Crippen LogP) is 2.98. The Labute approximate surface area is 155 Å². The van der Waals surface area contributed by atoms with E-state index in [1.807, 2.05) is 24.3 Å². The predicted molar refractivity (Wildman–Crippen MR) is 101 cm³/mol. The number of hydrogen-bond acceptors (Lipinski definition) is 3. The minimum absolute atomic E-state index is 0.0923. The molecule has 0 atom stereocenters. The summed E-state index contributed by atoms with van der Waals surface area (Å²) in [4.78, 5) is 22.2. The van der Waals surface area contributed by atoms with Crippen molar-refractivity contribution in [3.05, 3.63) is 35.4 Å².